The molecule has 0 aliphatic heterocycles. The predicted octanol–water partition coefficient (Wildman–Crippen LogP) is 2.27. The molecule has 2 rings (SSSR count). The normalized spacial score (nSPS) is 40.8. The Labute approximate surface area is 82.1 Å². The van der Waals surface area contributed by atoms with Gasteiger partial charge in [0, 0.05) is 5.92 Å². The first-order valence-corrected chi connectivity index (χ1v) is 5.51. The summed E-state index contributed by atoms with van der Waals surface area (Å²) in [6.07, 6.45) is 9.27. The van der Waals surface area contributed by atoms with Crippen molar-refractivity contribution in [2.75, 3.05) is 6.54 Å². The minimum absolute atomic E-state index is 0.571. The fraction of sp³-hybridized carbons (Fsp3) is 0.833. The van der Waals surface area contributed by atoms with Crippen LogP contribution in [0.25, 0.3) is 0 Å². The predicted molar refractivity (Wildman–Crippen MR) is 57.0 cm³/mol. The molecule has 0 heterocycles. The lowest BCUT2D eigenvalue weighted by Crippen LogP contribution is -2.37. The molecule has 2 N–H and O–H groups in total. The van der Waals surface area contributed by atoms with Crippen LogP contribution in [0.15, 0.2) is 0 Å². The van der Waals surface area contributed by atoms with Gasteiger partial charge in [-0.2, -0.15) is 0 Å². The van der Waals surface area contributed by atoms with Gasteiger partial charge in [0.25, 0.3) is 0 Å². The number of nitrogens with two attached hydrogens (primary N) is 1. The maximum absolute atomic E-state index is 5.63. The molecule has 4 atom stereocenters. The van der Waals surface area contributed by atoms with Gasteiger partial charge in [-0.1, -0.05) is 13.8 Å². The zero-order valence-electron chi connectivity index (χ0n) is 8.79. The van der Waals surface area contributed by atoms with E-state index in [0.717, 1.165) is 24.3 Å². The van der Waals surface area contributed by atoms with Gasteiger partial charge in [-0.05, 0) is 43.6 Å². The van der Waals surface area contributed by atoms with Crippen molar-refractivity contribution in [3.63, 3.8) is 0 Å². The Morgan fingerprint density at radius 2 is 2.00 bits per heavy atom. The van der Waals surface area contributed by atoms with Crippen molar-refractivity contribution in [2.24, 2.45) is 29.4 Å². The highest BCUT2D eigenvalue weighted by atomic mass is 14.6. The Balaban J connectivity index is 0.000000396. The molecule has 4 unspecified atom stereocenters. The van der Waals surface area contributed by atoms with E-state index in [4.69, 9.17) is 12.2 Å². The van der Waals surface area contributed by atoms with Crippen LogP contribution in [0.2, 0.25) is 0 Å². The standard InChI is InChI=1S/C10H15N.C2H6/c1-2-7-3-8-5-9(6-11)10(8)4-7;1-2/h1,7-10H,3-6,11H2;1-2H3. The van der Waals surface area contributed by atoms with E-state index in [2.05, 4.69) is 5.92 Å². The summed E-state index contributed by atoms with van der Waals surface area (Å²) in [4.78, 5) is 0. The largest absolute Gasteiger partial charge is 0.330 e. The number of terminal acetylenes is 1. The lowest BCUT2D eigenvalue weighted by atomic mass is 9.67. The van der Waals surface area contributed by atoms with Crippen LogP contribution in [0, 0.1) is 36.0 Å². The molecule has 0 aromatic rings. The minimum Gasteiger partial charge on any atom is -0.330 e. The summed E-state index contributed by atoms with van der Waals surface area (Å²) in [5.41, 5.74) is 5.63. The second kappa shape index (κ2) is 4.67. The van der Waals surface area contributed by atoms with Gasteiger partial charge in [0.1, 0.15) is 0 Å². The third-order valence-corrected chi connectivity index (χ3v) is 3.50. The van der Waals surface area contributed by atoms with Gasteiger partial charge in [-0.25, -0.2) is 0 Å². The number of hydrogen-bond donors (Lipinski definition) is 1. The fourth-order valence-corrected chi connectivity index (χ4v) is 2.78. The summed E-state index contributed by atoms with van der Waals surface area (Å²) in [5.74, 6) is 6.07. The molecular weight excluding hydrogens is 158 g/mol. The van der Waals surface area contributed by atoms with Crippen molar-refractivity contribution in [3.8, 4) is 12.3 Å². The monoisotopic (exact) mass is 179 g/mol. The smallest absolute Gasteiger partial charge is 0.0205 e. The van der Waals surface area contributed by atoms with E-state index in [-0.39, 0.29) is 0 Å². The summed E-state index contributed by atoms with van der Waals surface area (Å²) < 4.78 is 0. The van der Waals surface area contributed by atoms with Gasteiger partial charge in [-0.15, -0.1) is 12.3 Å². The SMILES string of the molecule is C#CC1CC2CC(CN)C2C1.CC. The van der Waals surface area contributed by atoms with Crippen LogP contribution in [0.5, 0.6) is 0 Å². The molecule has 13 heavy (non-hydrogen) atoms. The average Bonchev–Trinajstić information content (AvgIpc) is 2.49. The fourth-order valence-electron chi connectivity index (χ4n) is 2.78. The first-order valence-electron chi connectivity index (χ1n) is 5.51. The third-order valence-electron chi connectivity index (χ3n) is 3.50. The lowest BCUT2D eigenvalue weighted by molar-refractivity contribution is 0.111. The van der Waals surface area contributed by atoms with Crippen molar-refractivity contribution in [1.82, 2.24) is 0 Å². The summed E-state index contributed by atoms with van der Waals surface area (Å²) >= 11 is 0. The summed E-state index contributed by atoms with van der Waals surface area (Å²) in [5, 5.41) is 0. The molecular formula is C12H21N. The molecule has 1 heteroatoms. The van der Waals surface area contributed by atoms with Gasteiger partial charge in [0.05, 0.1) is 0 Å². The lowest BCUT2D eigenvalue weighted by Gasteiger charge is -2.39. The highest BCUT2D eigenvalue weighted by Crippen LogP contribution is 2.52. The topological polar surface area (TPSA) is 26.0 Å². The highest BCUT2D eigenvalue weighted by Gasteiger charge is 2.46. The highest BCUT2D eigenvalue weighted by molar-refractivity contribution is 5.05. The zero-order valence-corrected chi connectivity index (χ0v) is 8.79. The van der Waals surface area contributed by atoms with Crippen LogP contribution >= 0.6 is 0 Å². The Hall–Kier alpha value is -0.480. The Morgan fingerprint density at radius 3 is 2.54 bits per heavy atom. The molecule has 0 aromatic carbocycles. The van der Waals surface area contributed by atoms with Crippen LogP contribution in [0.3, 0.4) is 0 Å². The molecule has 0 bridgehead atoms. The Kier molecular flexibility index (Phi) is 3.81. The van der Waals surface area contributed by atoms with E-state index in [1.165, 1.54) is 19.3 Å². The second-order valence-electron chi connectivity index (χ2n) is 3.99. The molecule has 2 fully saturated rings. The molecule has 0 aromatic heterocycles. The van der Waals surface area contributed by atoms with Crippen LogP contribution in [0.1, 0.15) is 33.1 Å². The summed E-state index contributed by atoms with van der Waals surface area (Å²) in [6.45, 7) is 4.87. The van der Waals surface area contributed by atoms with E-state index >= 15 is 0 Å². The van der Waals surface area contributed by atoms with Crippen molar-refractivity contribution in [1.29, 1.82) is 0 Å². The van der Waals surface area contributed by atoms with Crippen molar-refractivity contribution >= 4 is 0 Å². The van der Waals surface area contributed by atoms with Crippen molar-refractivity contribution in [3.05, 3.63) is 0 Å². The number of rotatable bonds is 1. The van der Waals surface area contributed by atoms with Crippen molar-refractivity contribution in [2.45, 2.75) is 33.1 Å². The van der Waals surface area contributed by atoms with Crippen LogP contribution in [-0.4, -0.2) is 6.54 Å². The first-order chi connectivity index (χ1) is 6.35. The molecule has 74 valence electrons. The van der Waals surface area contributed by atoms with Crippen LogP contribution in [0.4, 0.5) is 0 Å². The van der Waals surface area contributed by atoms with E-state index in [0.29, 0.717) is 5.92 Å². The molecule has 0 radical (unpaired) electrons. The Bertz CT molecular complexity index is 192. The van der Waals surface area contributed by atoms with Crippen molar-refractivity contribution < 1.29 is 0 Å². The van der Waals surface area contributed by atoms with E-state index in [1.54, 1.807) is 0 Å². The molecule has 1 nitrogen and oxygen atoms in total. The Morgan fingerprint density at radius 1 is 1.31 bits per heavy atom. The maximum atomic E-state index is 5.63. The summed E-state index contributed by atoms with van der Waals surface area (Å²) in [6, 6.07) is 0. The van der Waals surface area contributed by atoms with Gasteiger partial charge in [0.2, 0.25) is 0 Å². The average molecular weight is 179 g/mol. The molecule has 2 saturated carbocycles. The molecule has 0 spiro atoms. The summed E-state index contributed by atoms with van der Waals surface area (Å²) in [7, 11) is 0. The molecule has 0 amide bonds. The van der Waals surface area contributed by atoms with Gasteiger partial charge in [-0.3, -0.25) is 0 Å². The van der Waals surface area contributed by atoms with E-state index in [1.807, 2.05) is 13.8 Å². The van der Waals surface area contributed by atoms with Gasteiger partial charge in [0.15, 0.2) is 0 Å². The quantitative estimate of drug-likeness (QED) is 0.614. The first kappa shape index (κ1) is 10.6. The van der Waals surface area contributed by atoms with Crippen LogP contribution in [-0.2, 0) is 0 Å². The molecule has 2 aliphatic rings. The van der Waals surface area contributed by atoms with Gasteiger partial charge >= 0.3 is 0 Å². The third kappa shape index (κ3) is 1.89. The molecule has 2 aliphatic carbocycles. The van der Waals surface area contributed by atoms with E-state index in [9.17, 15) is 0 Å². The van der Waals surface area contributed by atoms with E-state index < -0.39 is 0 Å². The number of hydrogen-bond acceptors (Lipinski definition) is 1. The zero-order chi connectivity index (χ0) is 9.84. The number of fused-ring (bicyclic) bond motifs is 1. The maximum Gasteiger partial charge on any atom is 0.0205 e. The van der Waals surface area contributed by atoms with Crippen LogP contribution < -0.4 is 5.73 Å². The minimum atomic E-state index is 0.571. The van der Waals surface area contributed by atoms with Gasteiger partial charge < -0.3 is 5.73 Å². The molecule has 0 saturated heterocycles. The second-order valence-corrected chi connectivity index (χ2v) is 3.99.